The number of aryl methyl sites for hydroxylation is 1. The summed E-state index contributed by atoms with van der Waals surface area (Å²) in [6.07, 6.45) is 4.45. The van der Waals surface area contributed by atoms with Gasteiger partial charge in [-0.1, -0.05) is 19.1 Å². The van der Waals surface area contributed by atoms with Crippen molar-refractivity contribution in [2.75, 3.05) is 20.3 Å². The Balaban J connectivity index is 2.14. The van der Waals surface area contributed by atoms with Gasteiger partial charge < -0.3 is 15.2 Å². The Labute approximate surface area is 123 Å². The number of rotatable bonds is 10. The smallest absolute Gasteiger partial charge is 0.118 e. The molecule has 0 saturated heterocycles. The van der Waals surface area contributed by atoms with Gasteiger partial charge in [0, 0.05) is 12.6 Å². The summed E-state index contributed by atoms with van der Waals surface area (Å²) in [5.41, 5.74) is 1.35. The number of aliphatic hydroxyl groups excluding tert-OH is 1. The topological polar surface area (TPSA) is 41.5 Å². The maximum absolute atomic E-state index is 8.96. The van der Waals surface area contributed by atoms with Crippen LogP contribution in [0.25, 0.3) is 0 Å². The van der Waals surface area contributed by atoms with Gasteiger partial charge in [-0.3, -0.25) is 0 Å². The summed E-state index contributed by atoms with van der Waals surface area (Å²) in [4.78, 5) is 0. The molecule has 0 fully saturated rings. The number of aliphatic hydroxyl groups is 1. The second kappa shape index (κ2) is 9.78. The minimum atomic E-state index is 0.299. The van der Waals surface area contributed by atoms with Crippen LogP contribution in [0, 0.1) is 5.92 Å². The lowest BCUT2D eigenvalue weighted by Gasteiger charge is -2.15. The Kier molecular flexibility index (Phi) is 8.31. The number of ether oxygens (including phenoxy) is 1. The van der Waals surface area contributed by atoms with Crippen LogP contribution in [0.3, 0.4) is 0 Å². The number of hydrogen-bond donors (Lipinski definition) is 2. The maximum atomic E-state index is 8.96. The zero-order valence-corrected chi connectivity index (χ0v) is 13.1. The number of hydrogen-bond acceptors (Lipinski definition) is 3. The van der Waals surface area contributed by atoms with E-state index < -0.39 is 0 Å². The molecule has 1 aromatic rings. The third kappa shape index (κ3) is 6.92. The van der Waals surface area contributed by atoms with Crippen molar-refractivity contribution in [3.63, 3.8) is 0 Å². The van der Waals surface area contributed by atoms with E-state index in [1.807, 2.05) is 12.1 Å². The molecular formula is C17H29NO2. The third-order valence-corrected chi connectivity index (χ3v) is 3.70. The summed E-state index contributed by atoms with van der Waals surface area (Å²) >= 11 is 0. The van der Waals surface area contributed by atoms with Crippen molar-refractivity contribution in [2.24, 2.45) is 5.92 Å². The summed E-state index contributed by atoms with van der Waals surface area (Å²) in [5.74, 6) is 1.34. The average molecular weight is 279 g/mol. The standard InChI is InChI=1S/C17H29NO2/c1-14(13-19)5-4-12-18-15(2)6-7-16-8-10-17(20-3)11-9-16/h8-11,14-15,18-19H,4-7,12-13H2,1-3H3. The zero-order chi connectivity index (χ0) is 14.8. The minimum Gasteiger partial charge on any atom is -0.497 e. The second-order valence-electron chi connectivity index (χ2n) is 5.67. The van der Waals surface area contributed by atoms with Gasteiger partial charge in [0.1, 0.15) is 5.75 Å². The van der Waals surface area contributed by atoms with E-state index in [0.717, 1.165) is 38.0 Å². The predicted molar refractivity (Wildman–Crippen MR) is 84.3 cm³/mol. The van der Waals surface area contributed by atoms with Crippen LogP contribution in [-0.4, -0.2) is 31.4 Å². The van der Waals surface area contributed by atoms with E-state index in [-0.39, 0.29) is 0 Å². The predicted octanol–water partition coefficient (Wildman–Crippen LogP) is 3.01. The van der Waals surface area contributed by atoms with Crippen LogP contribution in [0.1, 0.15) is 38.7 Å². The number of nitrogens with one attached hydrogen (secondary N) is 1. The molecule has 3 heteroatoms. The lowest BCUT2D eigenvalue weighted by Crippen LogP contribution is -2.27. The molecule has 0 spiro atoms. The fraction of sp³-hybridized carbons (Fsp3) is 0.647. The molecular weight excluding hydrogens is 250 g/mol. The van der Waals surface area contributed by atoms with E-state index in [0.29, 0.717) is 18.6 Å². The van der Waals surface area contributed by atoms with Gasteiger partial charge in [0.05, 0.1) is 7.11 Å². The molecule has 20 heavy (non-hydrogen) atoms. The molecule has 0 aliphatic rings. The van der Waals surface area contributed by atoms with E-state index in [4.69, 9.17) is 9.84 Å². The molecule has 0 bridgehead atoms. The molecule has 0 amide bonds. The van der Waals surface area contributed by atoms with Gasteiger partial charge in [-0.25, -0.2) is 0 Å². The van der Waals surface area contributed by atoms with Gasteiger partial charge in [-0.05, 0) is 62.8 Å². The van der Waals surface area contributed by atoms with E-state index in [2.05, 4.69) is 31.3 Å². The molecule has 0 aliphatic heterocycles. The monoisotopic (exact) mass is 279 g/mol. The van der Waals surface area contributed by atoms with Crippen molar-refractivity contribution in [1.29, 1.82) is 0 Å². The first-order valence-electron chi connectivity index (χ1n) is 7.63. The Morgan fingerprint density at radius 2 is 1.85 bits per heavy atom. The zero-order valence-electron chi connectivity index (χ0n) is 13.1. The minimum absolute atomic E-state index is 0.299. The highest BCUT2D eigenvalue weighted by molar-refractivity contribution is 5.27. The average Bonchev–Trinajstić information content (AvgIpc) is 2.49. The Morgan fingerprint density at radius 1 is 1.15 bits per heavy atom. The quantitative estimate of drug-likeness (QED) is 0.647. The van der Waals surface area contributed by atoms with Gasteiger partial charge in [-0.2, -0.15) is 0 Å². The first kappa shape index (κ1) is 17.0. The van der Waals surface area contributed by atoms with Crippen LogP contribution in [0.5, 0.6) is 5.75 Å². The number of benzene rings is 1. The highest BCUT2D eigenvalue weighted by atomic mass is 16.5. The highest BCUT2D eigenvalue weighted by Crippen LogP contribution is 2.13. The molecule has 2 unspecified atom stereocenters. The molecule has 2 N–H and O–H groups in total. The third-order valence-electron chi connectivity index (χ3n) is 3.70. The van der Waals surface area contributed by atoms with Crippen molar-refractivity contribution in [3.8, 4) is 5.75 Å². The van der Waals surface area contributed by atoms with Gasteiger partial charge in [0.25, 0.3) is 0 Å². The van der Waals surface area contributed by atoms with E-state index in [1.54, 1.807) is 7.11 Å². The van der Waals surface area contributed by atoms with E-state index >= 15 is 0 Å². The summed E-state index contributed by atoms with van der Waals surface area (Å²) in [6.45, 7) is 5.66. The Morgan fingerprint density at radius 3 is 2.45 bits per heavy atom. The van der Waals surface area contributed by atoms with Crippen LogP contribution in [0.2, 0.25) is 0 Å². The summed E-state index contributed by atoms with van der Waals surface area (Å²) in [5, 5.41) is 12.5. The fourth-order valence-electron chi connectivity index (χ4n) is 2.17. The molecule has 0 aromatic heterocycles. The summed E-state index contributed by atoms with van der Waals surface area (Å²) in [6, 6.07) is 8.83. The second-order valence-corrected chi connectivity index (χ2v) is 5.67. The molecule has 0 radical (unpaired) electrons. The SMILES string of the molecule is COc1ccc(CCC(C)NCCCC(C)CO)cc1. The van der Waals surface area contributed by atoms with Crippen LogP contribution < -0.4 is 10.1 Å². The van der Waals surface area contributed by atoms with Crippen LogP contribution in [-0.2, 0) is 6.42 Å². The van der Waals surface area contributed by atoms with Gasteiger partial charge >= 0.3 is 0 Å². The van der Waals surface area contributed by atoms with Crippen LogP contribution >= 0.6 is 0 Å². The van der Waals surface area contributed by atoms with Crippen molar-refractivity contribution in [1.82, 2.24) is 5.32 Å². The highest BCUT2D eigenvalue weighted by Gasteiger charge is 2.04. The molecule has 0 aliphatic carbocycles. The van der Waals surface area contributed by atoms with Gasteiger partial charge in [0.15, 0.2) is 0 Å². The van der Waals surface area contributed by atoms with Crippen LogP contribution in [0.4, 0.5) is 0 Å². The first-order chi connectivity index (χ1) is 9.65. The Hall–Kier alpha value is -1.06. The molecule has 1 rings (SSSR count). The number of methoxy groups -OCH3 is 1. The molecule has 0 saturated carbocycles. The lowest BCUT2D eigenvalue weighted by molar-refractivity contribution is 0.227. The van der Waals surface area contributed by atoms with Crippen molar-refractivity contribution >= 4 is 0 Å². The van der Waals surface area contributed by atoms with E-state index in [9.17, 15) is 0 Å². The Bertz CT molecular complexity index is 351. The van der Waals surface area contributed by atoms with Crippen LogP contribution in [0.15, 0.2) is 24.3 Å². The molecule has 0 heterocycles. The first-order valence-corrected chi connectivity index (χ1v) is 7.63. The molecule has 1 aromatic carbocycles. The van der Waals surface area contributed by atoms with Crippen molar-refractivity contribution in [3.05, 3.63) is 29.8 Å². The van der Waals surface area contributed by atoms with Crippen molar-refractivity contribution < 1.29 is 9.84 Å². The molecule has 3 nitrogen and oxygen atoms in total. The normalized spacial score (nSPS) is 14.0. The van der Waals surface area contributed by atoms with E-state index in [1.165, 1.54) is 5.56 Å². The van der Waals surface area contributed by atoms with Gasteiger partial charge in [-0.15, -0.1) is 0 Å². The largest absolute Gasteiger partial charge is 0.497 e. The lowest BCUT2D eigenvalue weighted by atomic mass is 10.0. The molecule has 114 valence electrons. The summed E-state index contributed by atoms with van der Waals surface area (Å²) < 4.78 is 5.16. The van der Waals surface area contributed by atoms with Crippen molar-refractivity contribution in [2.45, 2.75) is 45.6 Å². The summed E-state index contributed by atoms with van der Waals surface area (Å²) in [7, 11) is 1.69. The van der Waals surface area contributed by atoms with Gasteiger partial charge in [0.2, 0.25) is 0 Å². The fourth-order valence-corrected chi connectivity index (χ4v) is 2.17. The molecule has 2 atom stereocenters. The maximum Gasteiger partial charge on any atom is 0.118 e.